The number of piperidine rings is 1. The minimum absolute atomic E-state index is 0.0671. The fraction of sp³-hybridized carbons (Fsp3) is 0.455. The van der Waals surface area contributed by atoms with E-state index >= 15 is 0 Å². The zero-order chi connectivity index (χ0) is 13.3. The highest BCUT2D eigenvalue weighted by Crippen LogP contribution is 2.33. The van der Waals surface area contributed by atoms with Crippen LogP contribution < -0.4 is 4.90 Å². The maximum atomic E-state index is 13.3. The summed E-state index contributed by atoms with van der Waals surface area (Å²) in [6, 6.07) is 4.34. The number of alkyl halides is 2. The lowest BCUT2D eigenvalue weighted by molar-refractivity contribution is -0.385. The Morgan fingerprint density at radius 2 is 2.17 bits per heavy atom. The van der Waals surface area contributed by atoms with E-state index < -0.39 is 10.8 Å². The smallest absolute Gasteiger partial charge is 0.283 e. The lowest BCUT2D eigenvalue weighted by atomic mass is 10.1. The van der Waals surface area contributed by atoms with Crippen molar-refractivity contribution in [3.63, 3.8) is 0 Å². The van der Waals surface area contributed by atoms with Crippen LogP contribution in [0.1, 0.15) is 12.8 Å². The molecule has 1 aromatic carbocycles. The highest BCUT2D eigenvalue weighted by atomic mass is 79.9. The van der Waals surface area contributed by atoms with Crippen molar-refractivity contribution in [3.8, 4) is 0 Å². The van der Waals surface area contributed by atoms with Crippen LogP contribution in [0.3, 0.4) is 0 Å². The molecule has 2 rings (SSSR count). The number of nitro groups is 1. The molecule has 4 nitrogen and oxygen atoms in total. The molecule has 1 aliphatic heterocycles. The second-order valence-corrected chi connectivity index (χ2v) is 5.13. The highest BCUT2D eigenvalue weighted by Gasteiger charge is 2.35. The predicted octanol–water partition coefficient (Wildman–Crippen LogP) is 3.59. The highest BCUT2D eigenvalue weighted by molar-refractivity contribution is 9.10. The molecule has 0 bridgehead atoms. The maximum Gasteiger partial charge on any atom is 0.283 e. The van der Waals surface area contributed by atoms with Gasteiger partial charge in [0.05, 0.1) is 15.9 Å². The largest absolute Gasteiger partial charge is 0.365 e. The lowest BCUT2D eigenvalue weighted by Crippen LogP contribution is -2.42. The Balaban J connectivity index is 2.24. The molecule has 0 N–H and O–H groups in total. The minimum Gasteiger partial charge on any atom is -0.365 e. The SMILES string of the molecule is O=[N+]([O-])c1ccc(N2CCCC(F)(F)C2)cc1Br. The molecule has 1 saturated heterocycles. The maximum absolute atomic E-state index is 13.3. The summed E-state index contributed by atoms with van der Waals surface area (Å²) in [5.41, 5.74) is 0.509. The Morgan fingerprint density at radius 1 is 1.44 bits per heavy atom. The topological polar surface area (TPSA) is 46.4 Å². The first-order chi connectivity index (χ1) is 8.39. The molecule has 0 atom stereocenters. The predicted molar refractivity (Wildman–Crippen MR) is 67.2 cm³/mol. The summed E-state index contributed by atoms with van der Waals surface area (Å²) in [5.74, 6) is -2.69. The molecule has 0 spiro atoms. The molecule has 1 aromatic rings. The van der Waals surface area contributed by atoms with E-state index in [1.807, 2.05) is 0 Å². The summed E-state index contributed by atoms with van der Waals surface area (Å²) in [5, 5.41) is 10.7. The Morgan fingerprint density at radius 3 is 2.72 bits per heavy atom. The molecule has 0 amide bonds. The molecule has 1 aliphatic rings. The number of benzene rings is 1. The van der Waals surface area contributed by atoms with Crippen molar-refractivity contribution in [1.82, 2.24) is 0 Å². The number of halogens is 3. The standard InChI is InChI=1S/C11H11BrF2N2O2/c12-9-6-8(2-3-10(9)16(17)18)15-5-1-4-11(13,14)7-15/h2-3,6H,1,4-5,7H2. The third-order valence-electron chi connectivity index (χ3n) is 2.89. The third kappa shape index (κ3) is 2.77. The number of nitro benzene ring substituents is 1. The average molecular weight is 321 g/mol. The van der Waals surface area contributed by atoms with E-state index in [4.69, 9.17) is 0 Å². The fourth-order valence-corrected chi connectivity index (χ4v) is 2.54. The third-order valence-corrected chi connectivity index (χ3v) is 3.52. The summed E-state index contributed by atoms with van der Waals surface area (Å²) in [6.45, 7) is 0.205. The Kier molecular flexibility index (Phi) is 3.52. The van der Waals surface area contributed by atoms with Gasteiger partial charge in [-0.1, -0.05) is 0 Å². The van der Waals surface area contributed by atoms with Crippen molar-refractivity contribution in [1.29, 1.82) is 0 Å². The van der Waals surface area contributed by atoms with Crippen LogP contribution in [0, 0.1) is 10.1 Å². The van der Waals surface area contributed by atoms with Crippen LogP contribution in [0.2, 0.25) is 0 Å². The summed E-state index contributed by atoms with van der Waals surface area (Å²) >= 11 is 3.09. The molecule has 98 valence electrons. The van der Waals surface area contributed by atoms with Gasteiger partial charge in [0.2, 0.25) is 0 Å². The van der Waals surface area contributed by atoms with E-state index in [2.05, 4.69) is 15.9 Å². The van der Waals surface area contributed by atoms with Crippen LogP contribution in [0.4, 0.5) is 20.2 Å². The van der Waals surface area contributed by atoms with E-state index in [0.29, 0.717) is 23.1 Å². The molecule has 0 aromatic heterocycles. The minimum atomic E-state index is -2.69. The molecular weight excluding hydrogens is 310 g/mol. The quantitative estimate of drug-likeness (QED) is 0.618. The van der Waals surface area contributed by atoms with Gasteiger partial charge in [0.15, 0.2) is 0 Å². The van der Waals surface area contributed by atoms with Crippen molar-refractivity contribution in [2.75, 3.05) is 18.0 Å². The first-order valence-electron chi connectivity index (χ1n) is 5.46. The van der Waals surface area contributed by atoms with Crippen molar-refractivity contribution in [3.05, 3.63) is 32.8 Å². The normalized spacial score (nSPS) is 18.7. The van der Waals surface area contributed by atoms with Gasteiger partial charge in [0.1, 0.15) is 0 Å². The number of hydrogen-bond acceptors (Lipinski definition) is 3. The Bertz CT molecular complexity index is 482. The van der Waals surface area contributed by atoms with Crippen molar-refractivity contribution < 1.29 is 13.7 Å². The van der Waals surface area contributed by atoms with E-state index in [0.717, 1.165) is 0 Å². The molecule has 0 saturated carbocycles. The zero-order valence-electron chi connectivity index (χ0n) is 9.41. The summed E-state index contributed by atoms with van der Waals surface area (Å²) in [6.07, 6.45) is 0.319. The fourth-order valence-electron chi connectivity index (χ4n) is 2.03. The lowest BCUT2D eigenvalue weighted by Gasteiger charge is -2.34. The molecule has 0 radical (unpaired) electrons. The summed E-state index contributed by atoms with van der Waals surface area (Å²) in [7, 11) is 0. The number of nitrogens with zero attached hydrogens (tertiary/aromatic N) is 2. The molecule has 1 fully saturated rings. The van der Waals surface area contributed by atoms with Gasteiger partial charge in [0.25, 0.3) is 11.6 Å². The van der Waals surface area contributed by atoms with Gasteiger partial charge in [0, 0.05) is 24.7 Å². The van der Waals surface area contributed by atoms with Gasteiger partial charge in [-0.3, -0.25) is 10.1 Å². The average Bonchev–Trinajstić information content (AvgIpc) is 2.27. The summed E-state index contributed by atoms with van der Waals surface area (Å²) in [4.78, 5) is 11.7. The Labute approximate surface area is 111 Å². The van der Waals surface area contributed by atoms with Crippen LogP contribution in [-0.4, -0.2) is 23.9 Å². The van der Waals surface area contributed by atoms with Gasteiger partial charge >= 0.3 is 0 Å². The van der Waals surface area contributed by atoms with E-state index in [-0.39, 0.29) is 18.7 Å². The van der Waals surface area contributed by atoms with Crippen LogP contribution >= 0.6 is 15.9 Å². The first-order valence-corrected chi connectivity index (χ1v) is 6.25. The van der Waals surface area contributed by atoms with Crippen LogP contribution in [-0.2, 0) is 0 Å². The molecular formula is C11H11BrF2N2O2. The molecule has 18 heavy (non-hydrogen) atoms. The van der Waals surface area contributed by atoms with Gasteiger partial charge in [-0.2, -0.15) is 0 Å². The molecule has 1 heterocycles. The van der Waals surface area contributed by atoms with Gasteiger partial charge in [-0.25, -0.2) is 8.78 Å². The second-order valence-electron chi connectivity index (χ2n) is 4.27. The van der Waals surface area contributed by atoms with Crippen molar-refractivity contribution in [2.45, 2.75) is 18.8 Å². The van der Waals surface area contributed by atoms with Gasteiger partial charge in [-0.05, 0) is 34.5 Å². The number of rotatable bonds is 2. The van der Waals surface area contributed by atoms with Crippen LogP contribution in [0.25, 0.3) is 0 Å². The number of hydrogen-bond donors (Lipinski definition) is 0. The first kappa shape index (κ1) is 13.2. The number of anilines is 1. The zero-order valence-corrected chi connectivity index (χ0v) is 11.0. The van der Waals surface area contributed by atoms with Crippen molar-refractivity contribution >= 4 is 27.3 Å². The van der Waals surface area contributed by atoms with Gasteiger partial charge in [-0.15, -0.1) is 0 Å². The van der Waals surface area contributed by atoms with E-state index in [1.54, 1.807) is 4.90 Å². The van der Waals surface area contributed by atoms with Crippen LogP contribution in [0.15, 0.2) is 22.7 Å². The van der Waals surface area contributed by atoms with Gasteiger partial charge < -0.3 is 4.90 Å². The summed E-state index contributed by atoms with van der Waals surface area (Å²) < 4.78 is 26.9. The van der Waals surface area contributed by atoms with E-state index in [9.17, 15) is 18.9 Å². The molecule has 0 unspecified atom stereocenters. The monoisotopic (exact) mass is 320 g/mol. The van der Waals surface area contributed by atoms with Crippen molar-refractivity contribution in [2.24, 2.45) is 0 Å². The van der Waals surface area contributed by atoms with Crippen LogP contribution in [0.5, 0.6) is 0 Å². The van der Waals surface area contributed by atoms with E-state index in [1.165, 1.54) is 18.2 Å². The second kappa shape index (κ2) is 4.79. The molecule has 7 heteroatoms. The Hall–Kier alpha value is -1.24. The molecule has 0 aliphatic carbocycles.